The Bertz CT molecular complexity index is 749. The van der Waals surface area contributed by atoms with Crippen molar-refractivity contribution in [1.29, 1.82) is 0 Å². The molecule has 2 aromatic heterocycles. The Hall–Kier alpha value is -2.05. The highest BCUT2D eigenvalue weighted by Crippen LogP contribution is 2.19. The molecule has 1 aromatic carbocycles. The standard InChI is InChI=1S/C15H13N3OS2/c1-10-8-16-15(21-10)18-14(19)12-9-20-13(17-12)7-11-5-3-2-4-6-11/h2-6,8-9H,7H2,1H3,(H,16,18,19). The maximum absolute atomic E-state index is 12.1. The summed E-state index contributed by atoms with van der Waals surface area (Å²) < 4.78 is 0. The molecule has 21 heavy (non-hydrogen) atoms. The van der Waals surface area contributed by atoms with Gasteiger partial charge in [-0.2, -0.15) is 0 Å². The summed E-state index contributed by atoms with van der Waals surface area (Å²) in [6.45, 7) is 1.95. The Labute approximate surface area is 130 Å². The first-order chi connectivity index (χ1) is 10.2. The quantitative estimate of drug-likeness (QED) is 0.797. The molecular weight excluding hydrogens is 302 g/mol. The fraction of sp³-hybridized carbons (Fsp3) is 0.133. The molecule has 0 saturated heterocycles. The Morgan fingerprint density at radius 2 is 2.10 bits per heavy atom. The minimum absolute atomic E-state index is 0.208. The second kappa shape index (κ2) is 6.15. The van der Waals surface area contributed by atoms with E-state index >= 15 is 0 Å². The van der Waals surface area contributed by atoms with Crippen molar-refractivity contribution >= 4 is 33.7 Å². The molecule has 1 amide bonds. The third-order valence-corrected chi connectivity index (χ3v) is 4.50. The molecule has 6 heteroatoms. The van der Waals surface area contributed by atoms with Crippen molar-refractivity contribution in [3.63, 3.8) is 0 Å². The van der Waals surface area contributed by atoms with E-state index in [9.17, 15) is 4.79 Å². The first-order valence-electron chi connectivity index (χ1n) is 6.43. The van der Waals surface area contributed by atoms with Crippen LogP contribution in [-0.4, -0.2) is 15.9 Å². The average molecular weight is 315 g/mol. The zero-order valence-electron chi connectivity index (χ0n) is 11.4. The summed E-state index contributed by atoms with van der Waals surface area (Å²) in [6, 6.07) is 10.1. The van der Waals surface area contributed by atoms with Crippen LogP contribution < -0.4 is 5.32 Å². The lowest BCUT2D eigenvalue weighted by molar-refractivity contribution is 0.102. The monoisotopic (exact) mass is 315 g/mol. The molecule has 0 atom stereocenters. The summed E-state index contributed by atoms with van der Waals surface area (Å²) in [7, 11) is 0. The normalized spacial score (nSPS) is 10.5. The van der Waals surface area contributed by atoms with Gasteiger partial charge in [-0.05, 0) is 12.5 Å². The minimum Gasteiger partial charge on any atom is -0.296 e. The third-order valence-electron chi connectivity index (χ3n) is 2.82. The molecule has 0 aliphatic carbocycles. The highest BCUT2D eigenvalue weighted by Gasteiger charge is 2.12. The Balaban J connectivity index is 1.68. The number of carbonyl (C=O) groups excluding carboxylic acids is 1. The zero-order valence-corrected chi connectivity index (χ0v) is 13.0. The molecule has 4 nitrogen and oxygen atoms in total. The Morgan fingerprint density at radius 1 is 1.29 bits per heavy atom. The van der Waals surface area contributed by atoms with E-state index in [4.69, 9.17) is 0 Å². The molecule has 0 radical (unpaired) electrons. The molecule has 0 bridgehead atoms. The summed E-state index contributed by atoms with van der Waals surface area (Å²) in [5.41, 5.74) is 1.63. The van der Waals surface area contributed by atoms with Crippen molar-refractivity contribution < 1.29 is 4.79 Å². The molecule has 0 fully saturated rings. The highest BCUT2D eigenvalue weighted by atomic mass is 32.1. The van der Waals surface area contributed by atoms with Gasteiger partial charge in [-0.3, -0.25) is 10.1 Å². The number of benzene rings is 1. The van der Waals surface area contributed by atoms with E-state index < -0.39 is 0 Å². The number of carbonyl (C=O) groups is 1. The van der Waals surface area contributed by atoms with Gasteiger partial charge in [-0.1, -0.05) is 30.3 Å². The average Bonchev–Trinajstić information content (AvgIpc) is 3.09. The van der Waals surface area contributed by atoms with Gasteiger partial charge in [0, 0.05) is 22.9 Å². The van der Waals surface area contributed by atoms with Gasteiger partial charge in [0.2, 0.25) is 0 Å². The summed E-state index contributed by atoms with van der Waals surface area (Å²) in [5.74, 6) is -0.208. The lowest BCUT2D eigenvalue weighted by atomic mass is 10.2. The lowest BCUT2D eigenvalue weighted by Crippen LogP contribution is -2.12. The first-order valence-corrected chi connectivity index (χ1v) is 8.12. The van der Waals surface area contributed by atoms with E-state index in [2.05, 4.69) is 27.4 Å². The predicted octanol–water partition coefficient (Wildman–Crippen LogP) is 3.75. The SMILES string of the molecule is Cc1cnc(NC(=O)c2csc(Cc3ccccc3)n2)s1. The van der Waals surface area contributed by atoms with Crippen molar-refractivity contribution in [2.24, 2.45) is 0 Å². The number of nitrogens with one attached hydrogen (secondary N) is 1. The molecule has 0 aliphatic heterocycles. The third kappa shape index (κ3) is 3.53. The van der Waals surface area contributed by atoms with Crippen molar-refractivity contribution in [3.8, 4) is 0 Å². The van der Waals surface area contributed by atoms with Crippen molar-refractivity contribution in [3.05, 3.63) is 63.1 Å². The van der Waals surface area contributed by atoms with Crippen LogP contribution in [0.5, 0.6) is 0 Å². The van der Waals surface area contributed by atoms with Gasteiger partial charge in [-0.25, -0.2) is 9.97 Å². The first kappa shape index (κ1) is 13.9. The summed E-state index contributed by atoms with van der Waals surface area (Å²) in [4.78, 5) is 21.7. The number of aryl methyl sites for hydroxylation is 1. The Kier molecular flexibility index (Phi) is 4.08. The maximum Gasteiger partial charge on any atom is 0.276 e. The smallest absolute Gasteiger partial charge is 0.276 e. The molecule has 106 valence electrons. The van der Waals surface area contributed by atoms with Crippen LogP contribution >= 0.6 is 22.7 Å². The van der Waals surface area contributed by atoms with Gasteiger partial charge in [0.05, 0.1) is 5.01 Å². The number of amides is 1. The zero-order chi connectivity index (χ0) is 14.7. The molecule has 2 heterocycles. The van der Waals surface area contributed by atoms with Gasteiger partial charge in [0.1, 0.15) is 5.69 Å². The van der Waals surface area contributed by atoms with E-state index in [1.165, 1.54) is 28.2 Å². The van der Waals surface area contributed by atoms with Gasteiger partial charge < -0.3 is 0 Å². The summed E-state index contributed by atoms with van der Waals surface area (Å²) in [6.07, 6.45) is 2.48. The van der Waals surface area contributed by atoms with Crippen LogP contribution in [0.15, 0.2) is 41.9 Å². The number of rotatable bonds is 4. The van der Waals surface area contributed by atoms with Gasteiger partial charge >= 0.3 is 0 Å². The lowest BCUT2D eigenvalue weighted by Gasteiger charge is -1.98. The van der Waals surface area contributed by atoms with Crippen LogP contribution in [0.3, 0.4) is 0 Å². The van der Waals surface area contributed by atoms with Crippen LogP contribution in [0, 0.1) is 6.92 Å². The number of hydrogen-bond donors (Lipinski definition) is 1. The number of anilines is 1. The van der Waals surface area contributed by atoms with Crippen LogP contribution in [0.4, 0.5) is 5.13 Å². The molecule has 0 spiro atoms. The van der Waals surface area contributed by atoms with Crippen LogP contribution in [-0.2, 0) is 6.42 Å². The largest absolute Gasteiger partial charge is 0.296 e. The van der Waals surface area contributed by atoms with Gasteiger partial charge in [0.25, 0.3) is 5.91 Å². The molecule has 0 aliphatic rings. The molecule has 3 rings (SSSR count). The number of hydrogen-bond acceptors (Lipinski definition) is 5. The van der Waals surface area contributed by atoms with Crippen molar-refractivity contribution in [2.45, 2.75) is 13.3 Å². The second-order valence-corrected chi connectivity index (χ2v) is 6.70. The van der Waals surface area contributed by atoms with E-state index in [0.717, 1.165) is 16.3 Å². The van der Waals surface area contributed by atoms with E-state index in [-0.39, 0.29) is 5.91 Å². The fourth-order valence-corrected chi connectivity index (χ4v) is 3.31. The van der Waals surface area contributed by atoms with E-state index in [1.54, 1.807) is 11.6 Å². The molecule has 0 unspecified atom stereocenters. The predicted molar refractivity (Wildman–Crippen MR) is 86.2 cm³/mol. The number of aromatic nitrogens is 2. The minimum atomic E-state index is -0.208. The summed E-state index contributed by atoms with van der Waals surface area (Å²) >= 11 is 2.95. The fourth-order valence-electron chi connectivity index (χ4n) is 1.84. The van der Waals surface area contributed by atoms with Gasteiger partial charge in [-0.15, -0.1) is 22.7 Å². The van der Waals surface area contributed by atoms with Crippen LogP contribution in [0.2, 0.25) is 0 Å². The maximum atomic E-state index is 12.1. The second-order valence-electron chi connectivity index (χ2n) is 4.52. The topological polar surface area (TPSA) is 54.9 Å². The van der Waals surface area contributed by atoms with Crippen molar-refractivity contribution in [1.82, 2.24) is 9.97 Å². The highest BCUT2D eigenvalue weighted by molar-refractivity contribution is 7.15. The molecule has 1 N–H and O–H groups in total. The molecule has 3 aromatic rings. The molecule has 0 saturated carbocycles. The number of thiazole rings is 2. The molecular formula is C15H13N3OS2. The van der Waals surface area contributed by atoms with E-state index in [1.807, 2.05) is 25.1 Å². The van der Waals surface area contributed by atoms with E-state index in [0.29, 0.717) is 10.8 Å². The Morgan fingerprint density at radius 3 is 2.81 bits per heavy atom. The van der Waals surface area contributed by atoms with Crippen molar-refractivity contribution in [2.75, 3.05) is 5.32 Å². The number of nitrogens with zero attached hydrogens (tertiary/aromatic N) is 2. The van der Waals surface area contributed by atoms with Gasteiger partial charge in [0.15, 0.2) is 5.13 Å². The van der Waals surface area contributed by atoms with Crippen LogP contribution in [0.1, 0.15) is 25.9 Å². The summed E-state index contributed by atoms with van der Waals surface area (Å²) in [5, 5.41) is 6.09. The van der Waals surface area contributed by atoms with Crippen LogP contribution in [0.25, 0.3) is 0 Å².